The van der Waals surface area contributed by atoms with Gasteiger partial charge in [-0.3, -0.25) is 9.69 Å². The van der Waals surface area contributed by atoms with Gasteiger partial charge in [0.2, 0.25) is 5.91 Å². The second-order valence-electron chi connectivity index (χ2n) is 5.51. The predicted molar refractivity (Wildman–Crippen MR) is 93.6 cm³/mol. The first-order valence-electron chi connectivity index (χ1n) is 7.70. The summed E-state index contributed by atoms with van der Waals surface area (Å²) in [7, 11) is 1.60. The third kappa shape index (κ3) is 5.09. The molecule has 24 heavy (non-hydrogen) atoms. The number of benzene rings is 1. The van der Waals surface area contributed by atoms with Crippen molar-refractivity contribution in [3.63, 3.8) is 0 Å². The molecule has 1 atom stereocenters. The highest BCUT2D eigenvalue weighted by Crippen LogP contribution is 2.17. The van der Waals surface area contributed by atoms with Gasteiger partial charge in [-0.2, -0.15) is 0 Å². The summed E-state index contributed by atoms with van der Waals surface area (Å²) < 4.78 is 19.0. The van der Waals surface area contributed by atoms with Crippen LogP contribution in [0.25, 0.3) is 0 Å². The number of ether oxygens (including phenoxy) is 1. The Bertz CT molecular complexity index is 677. The second-order valence-corrected chi connectivity index (χ2v) is 6.37. The molecule has 1 heterocycles. The summed E-state index contributed by atoms with van der Waals surface area (Å²) in [4.78, 5) is 18.6. The number of hydrogen-bond acceptors (Lipinski definition) is 5. The van der Waals surface area contributed by atoms with Crippen molar-refractivity contribution < 1.29 is 13.9 Å². The normalized spacial score (nSPS) is 12.4. The molecule has 1 aromatic heterocycles. The number of nitrogens with zero attached hydrogens (tertiary/aromatic N) is 2. The molecule has 5 nitrogen and oxygen atoms in total. The molecule has 130 valence electrons. The van der Waals surface area contributed by atoms with Crippen molar-refractivity contribution in [2.24, 2.45) is 0 Å². The van der Waals surface area contributed by atoms with Crippen LogP contribution in [-0.2, 0) is 16.1 Å². The van der Waals surface area contributed by atoms with E-state index in [2.05, 4.69) is 10.3 Å². The van der Waals surface area contributed by atoms with Crippen molar-refractivity contribution in [3.05, 3.63) is 46.7 Å². The standard InChI is InChI=1S/C17H22FN3O2S/c1-12-11-24-17(19-12)20-16(22)13(2)21(8-9-23-3)10-14-6-4-5-7-15(14)18/h4-7,11,13H,8-10H2,1-3H3,(H,19,20,22). The summed E-state index contributed by atoms with van der Waals surface area (Å²) in [6.07, 6.45) is 0. The molecule has 2 aromatic rings. The van der Waals surface area contributed by atoms with Crippen molar-refractivity contribution in [2.45, 2.75) is 26.4 Å². The molecule has 1 unspecified atom stereocenters. The van der Waals surface area contributed by atoms with Crippen LogP contribution >= 0.6 is 11.3 Å². The zero-order valence-electron chi connectivity index (χ0n) is 14.1. The smallest absolute Gasteiger partial charge is 0.243 e. The number of carbonyl (C=O) groups is 1. The zero-order valence-corrected chi connectivity index (χ0v) is 14.9. The van der Waals surface area contributed by atoms with Crippen molar-refractivity contribution in [2.75, 3.05) is 25.6 Å². The first kappa shape index (κ1) is 18.5. The quantitative estimate of drug-likeness (QED) is 0.794. The number of aryl methyl sites for hydroxylation is 1. The Hall–Kier alpha value is -1.83. The average Bonchev–Trinajstić information content (AvgIpc) is 2.97. The number of thiazole rings is 1. The number of amides is 1. The molecule has 0 bridgehead atoms. The van der Waals surface area contributed by atoms with Crippen LogP contribution in [0.3, 0.4) is 0 Å². The topological polar surface area (TPSA) is 54.5 Å². The monoisotopic (exact) mass is 351 g/mol. The van der Waals surface area contributed by atoms with Crippen LogP contribution in [0.4, 0.5) is 9.52 Å². The van der Waals surface area contributed by atoms with E-state index in [4.69, 9.17) is 4.74 Å². The maximum atomic E-state index is 13.9. The van der Waals surface area contributed by atoms with Crippen LogP contribution in [0, 0.1) is 12.7 Å². The molecule has 0 saturated carbocycles. The Kier molecular flexibility index (Phi) is 6.84. The van der Waals surface area contributed by atoms with Crippen LogP contribution in [-0.4, -0.2) is 42.1 Å². The fraction of sp³-hybridized carbons (Fsp3) is 0.412. The molecule has 0 aliphatic carbocycles. The molecule has 0 aliphatic heterocycles. The van der Waals surface area contributed by atoms with Gasteiger partial charge in [0, 0.05) is 31.1 Å². The minimum atomic E-state index is -0.441. The second kappa shape index (κ2) is 8.86. The molecule has 1 N–H and O–H groups in total. The summed E-state index contributed by atoms with van der Waals surface area (Å²) in [5.74, 6) is -0.445. The summed E-state index contributed by atoms with van der Waals surface area (Å²) in [6, 6.07) is 6.15. The Morgan fingerprint density at radius 2 is 2.21 bits per heavy atom. The number of methoxy groups -OCH3 is 1. The highest BCUT2D eigenvalue weighted by atomic mass is 32.1. The molecule has 7 heteroatoms. The number of aromatic nitrogens is 1. The minimum Gasteiger partial charge on any atom is -0.383 e. The van der Waals surface area contributed by atoms with Crippen molar-refractivity contribution >= 4 is 22.4 Å². The Morgan fingerprint density at radius 1 is 1.46 bits per heavy atom. The van der Waals surface area contributed by atoms with Gasteiger partial charge in [-0.05, 0) is 19.9 Å². The molecule has 0 aliphatic rings. The maximum Gasteiger partial charge on any atom is 0.243 e. The first-order chi connectivity index (χ1) is 11.5. The summed E-state index contributed by atoms with van der Waals surface area (Å²) in [5.41, 5.74) is 1.42. The molecular weight excluding hydrogens is 329 g/mol. The number of halogens is 1. The summed E-state index contributed by atoms with van der Waals surface area (Å²) in [5, 5.41) is 5.26. The van der Waals surface area contributed by atoms with E-state index in [9.17, 15) is 9.18 Å². The molecule has 0 fully saturated rings. The molecule has 1 aromatic carbocycles. The van der Waals surface area contributed by atoms with Gasteiger partial charge in [0.25, 0.3) is 0 Å². The molecule has 0 spiro atoms. The van der Waals surface area contributed by atoms with E-state index >= 15 is 0 Å². The van der Waals surface area contributed by atoms with E-state index in [1.165, 1.54) is 17.4 Å². The number of anilines is 1. The van der Waals surface area contributed by atoms with Gasteiger partial charge < -0.3 is 10.1 Å². The van der Waals surface area contributed by atoms with E-state index in [1.54, 1.807) is 32.2 Å². The lowest BCUT2D eigenvalue weighted by Crippen LogP contribution is -2.43. The third-order valence-corrected chi connectivity index (χ3v) is 4.57. The average molecular weight is 351 g/mol. The van der Waals surface area contributed by atoms with Crippen LogP contribution in [0.2, 0.25) is 0 Å². The molecule has 2 rings (SSSR count). The van der Waals surface area contributed by atoms with Crippen LogP contribution < -0.4 is 5.32 Å². The predicted octanol–water partition coefficient (Wildman–Crippen LogP) is 3.07. The minimum absolute atomic E-state index is 0.170. The Balaban J connectivity index is 2.07. The van der Waals surface area contributed by atoms with Gasteiger partial charge in [-0.25, -0.2) is 9.37 Å². The lowest BCUT2D eigenvalue weighted by Gasteiger charge is -2.28. The Morgan fingerprint density at radius 3 is 2.83 bits per heavy atom. The fourth-order valence-electron chi connectivity index (χ4n) is 2.25. The zero-order chi connectivity index (χ0) is 17.5. The molecular formula is C17H22FN3O2S. The SMILES string of the molecule is COCCN(Cc1ccccc1F)C(C)C(=O)Nc1nc(C)cs1. The largest absolute Gasteiger partial charge is 0.383 e. The summed E-state index contributed by atoms with van der Waals surface area (Å²) >= 11 is 1.39. The van der Waals surface area contributed by atoms with E-state index in [0.29, 0.717) is 30.4 Å². The van der Waals surface area contributed by atoms with Gasteiger partial charge >= 0.3 is 0 Å². The van der Waals surface area contributed by atoms with Gasteiger partial charge in [-0.15, -0.1) is 11.3 Å². The summed E-state index contributed by atoms with van der Waals surface area (Å²) in [6.45, 7) is 4.99. The first-order valence-corrected chi connectivity index (χ1v) is 8.58. The maximum absolute atomic E-state index is 13.9. The number of nitrogens with one attached hydrogen (secondary N) is 1. The lowest BCUT2D eigenvalue weighted by molar-refractivity contribution is -0.121. The number of carbonyl (C=O) groups excluding carboxylic acids is 1. The van der Waals surface area contributed by atoms with Crippen LogP contribution in [0.5, 0.6) is 0 Å². The van der Waals surface area contributed by atoms with E-state index in [-0.39, 0.29) is 11.7 Å². The molecule has 1 amide bonds. The van der Waals surface area contributed by atoms with Crippen molar-refractivity contribution in [1.82, 2.24) is 9.88 Å². The van der Waals surface area contributed by atoms with Crippen molar-refractivity contribution in [3.8, 4) is 0 Å². The lowest BCUT2D eigenvalue weighted by atomic mass is 10.1. The third-order valence-electron chi connectivity index (χ3n) is 3.69. The number of hydrogen-bond donors (Lipinski definition) is 1. The van der Waals surface area contributed by atoms with Crippen LogP contribution in [0.1, 0.15) is 18.2 Å². The van der Waals surface area contributed by atoms with Gasteiger partial charge in [0.05, 0.1) is 18.3 Å². The Labute approximate surface area is 145 Å². The highest BCUT2D eigenvalue weighted by molar-refractivity contribution is 7.13. The van der Waals surface area contributed by atoms with Crippen molar-refractivity contribution in [1.29, 1.82) is 0 Å². The van der Waals surface area contributed by atoms with E-state index < -0.39 is 6.04 Å². The van der Waals surface area contributed by atoms with Gasteiger partial charge in [0.15, 0.2) is 5.13 Å². The van der Waals surface area contributed by atoms with E-state index in [0.717, 1.165) is 5.69 Å². The molecule has 0 saturated heterocycles. The highest BCUT2D eigenvalue weighted by Gasteiger charge is 2.23. The fourth-order valence-corrected chi connectivity index (χ4v) is 2.94. The number of rotatable bonds is 8. The van der Waals surface area contributed by atoms with Gasteiger partial charge in [0.1, 0.15) is 5.82 Å². The van der Waals surface area contributed by atoms with Gasteiger partial charge in [-0.1, -0.05) is 18.2 Å². The van der Waals surface area contributed by atoms with E-state index in [1.807, 2.05) is 17.2 Å². The van der Waals surface area contributed by atoms with Crippen LogP contribution in [0.15, 0.2) is 29.6 Å². The molecule has 0 radical (unpaired) electrons.